The van der Waals surface area contributed by atoms with Gasteiger partial charge in [-0.05, 0) is 51.0 Å². The number of anilines is 3. The summed E-state index contributed by atoms with van der Waals surface area (Å²) in [6.07, 6.45) is -2.86. The number of halogens is 3. The maximum Gasteiger partial charge on any atom is 0.416 e. The second-order valence-electron chi connectivity index (χ2n) is 8.30. The predicted molar refractivity (Wildman–Crippen MR) is 123 cm³/mol. The fourth-order valence-corrected chi connectivity index (χ4v) is 5.16. The van der Waals surface area contributed by atoms with Crippen LogP contribution in [0.3, 0.4) is 0 Å². The summed E-state index contributed by atoms with van der Waals surface area (Å²) in [7, 11) is 0. The zero-order chi connectivity index (χ0) is 23.3. The Bertz CT molecular complexity index is 1200. The molecule has 2 bridgehead atoms. The lowest BCUT2D eigenvalue weighted by atomic mass is 10.1. The third kappa shape index (κ3) is 4.03. The number of rotatable bonds is 2. The van der Waals surface area contributed by atoms with Gasteiger partial charge in [0.1, 0.15) is 0 Å². The topological polar surface area (TPSA) is 61.4 Å². The predicted octanol–water partition coefficient (Wildman–Crippen LogP) is 5.86. The van der Waals surface area contributed by atoms with Crippen LogP contribution in [0.25, 0.3) is 11.3 Å². The van der Waals surface area contributed by atoms with Crippen molar-refractivity contribution in [3.8, 4) is 11.3 Å². The molecule has 6 nitrogen and oxygen atoms in total. The van der Waals surface area contributed by atoms with E-state index in [0.29, 0.717) is 22.2 Å². The molecule has 3 aromatic rings. The molecule has 172 valence electrons. The molecule has 3 aliphatic heterocycles. The van der Waals surface area contributed by atoms with Gasteiger partial charge in [-0.1, -0.05) is 12.1 Å². The number of carbonyl (C=O) groups excluding carboxylic acids is 1. The quantitative estimate of drug-likeness (QED) is 0.506. The average Bonchev–Trinajstić information content (AvgIpc) is 2.95. The van der Waals surface area contributed by atoms with Gasteiger partial charge >= 0.3 is 12.2 Å². The molecule has 1 fully saturated rings. The Hall–Kier alpha value is -3.14. The molecule has 6 rings (SSSR count). The maximum absolute atomic E-state index is 13.4. The molecule has 2 amide bonds. The van der Waals surface area contributed by atoms with Gasteiger partial charge in [0.15, 0.2) is 10.9 Å². The Morgan fingerprint density at radius 3 is 2.55 bits per heavy atom. The molecule has 3 aliphatic rings. The molecule has 1 aromatic carbocycles. The number of nitrogens with one attached hydrogen (secondary N) is 1. The number of carbonyl (C=O) groups is 1. The van der Waals surface area contributed by atoms with Crippen LogP contribution in [-0.4, -0.2) is 35.1 Å². The van der Waals surface area contributed by atoms with Gasteiger partial charge in [0.25, 0.3) is 0 Å². The van der Waals surface area contributed by atoms with Crippen LogP contribution in [0, 0.1) is 13.8 Å². The first-order chi connectivity index (χ1) is 15.7. The first-order valence-electron chi connectivity index (χ1n) is 10.7. The zero-order valence-electron chi connectivity index (χ0n) is 18.1. The summed E-state index contributed by atoms with van der Waals surface area (Å²) in [5, 5.41) is 3.42. The average molecular weight is 474 g/mol. The minimum absolute atomic E-state index is 0.0473. The number of fused-ring (bicyclic) bond motifs is 2. The molecule has 10 heteroatoms. The third-order valence-corrected chi connectivity index (χ3v) is 7.19. The largest absolute Gasteiger partial charge is 0.416 e. The van der Waals surface area contributed by atoms with Gasteiger partial charge in [0, 0.05) is 29.6 Å². The summed E-state index contributed by atoms with van der Waals surface area (Å²) in [5.74, 6) is 0.465. The molecule has 1 N–H and O–H groups in total. The standard InChI is InChI=1S/C23H22F3N5OS/c1-13-14(2)33-21(27-13)29-22(32)31-17-8-10-30(11-9-17)19-7-6-18(28-20(19)31)15-4-3-5-16(12-15)23(24,25)26/h3-7,12,17H,8-11H2,1-2H3,(H,27,29,32). The van der Waals surface area contributed by atoms with Crippen LogP contribution in [0.1, 0.15) is 29.0 Å². The van der Waals surface area contributed by atoms with Crippen LogP contribution in [-0.2, 0) is 6.18 Å². The fraction of sp³-hybridized carbons (Fsp3) is 0.348. The van der Waals surface area contributed by atoms with Crippen molar-refractivity contribution in [1.29, 1.82) is 0 Å². The minimum atomic E-state index is -4.44. The van der Waals surface area contributed by atoms with Crippen LogP contribution in [0.5, 0.6) is 0 Å². The van der Waals surface area contributed by atoms with Crippen molar-refractivity contribution in [1.82, 2.24) is 9.97 Å². The van der Waals surface area contributed by atoms with Gasteiger partial charge in [0.05, 0.1) is 22.6 Å². The second-order valence-corrected chi connectivity index (χ2v) is 9.50. The van der Waals surface area contributed by atoms with Crippen molar-refractivity contribution in [2.75, 3.05) is 28.2 Å². The first-order valence-corrected chi connectivity index (χ1v) is 11.5. The van der Waals surface area contributed by atoms with E-state index in [1.54, 1.807) is 17.0 Å². The Labute approximate surface area is 193 Å². The van der Waals surface area contributed by atoms with Gasteiger partial charge in [-0.3, -0.25) is 10.2 Å². The van der Waals surface area contributed by atoms with E-state index in [1.165, 1.54) is 17.4 Å². The van der Waals surface area contributed by atoms with Crippen LogP contribution in [0.15, 0.2) is 36.4 Å². The Morgan fingerprint density at radius 2 is 1.88 bits per heavy atom. The van der Waals surface area contributed by atoms with E-state index < -0.39 is 11.7 Å². The van der Waals surface area contributed by atoms with E-state index >= 15 is 0 Å². The van der Waals surface area contributed by atoms with Gasteiger partial charge < -0.3 is 4.90 Å². The summed E-state index contributed by atoms with van der Waals surface area (Å²) in [5.41, 5.74) is 1.69. The van der Waals surface area contributed by atoms with Gasteiger partial charge in [-0.2, -0.15) is 13.2 Å². The van der Waals surface area contributed by atoms with E-state index in [9.17, 15) is 18.0 Å². The number of benzene rings is 1. The fourth-order valence-electron chi connectivity index (χ4n) is 4.36. The minimum Gasteiger partial charge on any atom is -0.368 e. The summed E-state index contributed by atoms with van der Waals surface area (Å²) in [4.78, 5) is 27.4. The number of thiazole rings is 1. The number of urea groups is 1. The lowest BCUT2D eigenvalue weighted by Gasteiger charge is -2.31. The highest BCUT2D eigenvalue weighted by Gasteiger charge is 2.37. The number of piperidine rings is 1. The van der Waals surface area contributed by atoms with Crippen LogP contribution in [0.2, 0.25) is 0 Å². The van der Waals surface area contributed by atoms with Crippen molar-refractivity contribution in [3.05, 3.63) is 52.5 Å². The number of pyridine rings is 1. The highest BCUT2D eigenvalue weighted by atomic mass is 32.1. The van der Waals surface area contributed by atoms with Crippen LogP contribution in [0.4, 0.5) is 34.6 Å². The molecule has 5 heterocycles. The molecule has 0 unspecified atom stereocenters. The summed E-state index contributed by atoms with van der Waals surface area (Å²) >= 11 is 1.41. The number of amides is 2. The number of nitrogens with zero attached hydrogens (tertiary/aromatic N) is 4. The molecule has 0 spiro atoms. The molecular weight excluding hydrogens is 451 g/mol. The molecule has 1 saturated heterocycles. The molecular formula is C23H22F3N5OS. The van der Waals surface area contributed by atoms with Crippen molar-refractivity contribution < 1.29 is 18.0 Å². The Morgan fingerprint density at radius 1 is 1.12 bits per heavy atom. The van der Waals surface area contributed by atoms with E-state index in [2.05, 4.69) is 15.2 Å². The van der Waals surface area contributed by atoms with E-state index in [-0.39, 0.29) is 12.1 Å². The highest BCUT2D eigenvalue weighted by Crippen LogP contribution is 2.40. The third-order valence-electron chi connectivity index (χ3n) is 6.20. The number of hydrogen-bond donors (Lipinski definition) is 1. The van der Waals surface area contributed by atoms with Crippen molar-refractivity contribution in [3.63, 3.8) is 0 Å². The molecule has 0 aliphatic carbocycles. The molecule has 0 radical (unpaired) electrons. The normalized spacial score (nSPS) is 16.0. The Kier molecular flexibility index (Phi) is 5.27. The number of hydrogen-bond acceptors (Lipinski definition) is 5. The Balaban J connectivity index is 1.55. The molecule has 2 aromatic heterocycles. The van der Waals surface area contributed by atoms with E-state index in [0.717, 1.165) is 54.3 Å². The first kappa shape index (κ1) is 21.7. The lowest BCUT2D eigenvalue weighted by molar-refractivity contribution is -0.137. The zero-order valence-corrected chi connectivity index (χ0v) is 18.9. The monoisotopic (exact) mass is 473 g/mol. The lowest BCUT2D eigenvalue weighted by Crippen LogP contribution is -2.46. The molecule has 0 saturated carbocycles. The van der Waals surface area contributed by atoms with Gasteiger partial charge in [-0.15, -0.1) is 11.3 Å². The van der Waals surface area contributed by atoms with Crippen molar-refractivity contribution >= 4 is 34.0 Å². The summed E-state index contributed by atoms with van der Waals surface area (Å²) in [6.45, 7) is 5.42. The highest BCUT2D eigenvalue weighted by molar-refractivity contribution is 7.15. The summed E-state index contributed by atoms with van der Waals surface area (Å²) < 4.78 is 39.7. The smallest absolute Gasteiger partial charge is 0.368 e. The number of aromatic nitrogens is 2. The second kappa shape index (κ2) is 8.02. The van der Waals surface area contributed by atoms with E-state index in [1.807, 2.05) is 19.9 Å². The number of aryl methyl sites for hydroxylation is 2. The van der Waals surface area contributed by atoms with Gasteiger partial charge in [-0.25, -0.2) is 14.8 Å². The summed E-state index contributed by atoms with van der Waals surface area (Å²) in [6, 6.07) is 8.29. The maximum atomic E-state index is 13.4. The van der Waals surface area contributed by atoms with Crippen molar-refractivity contribution in [2.45, 2.75) is 38.9 Å². The van der Waals surface area contributed by atoms with Gasteiger partial charge in [0.2, 0.25) is 0 Å². The van der Waals surface area contributed by atoms with Crippen LogP contribution < -0.4 is 15.1 Å². The number of alkyl halides is 3. The SMILES string of the molecule is Cc1nc(NC(=O)N2c3nc(-c4cccc(C(F)(F)F)c4)ccc3N3CCC2CC3)sc1C. The molecule has 0 atom stereocenters. The van der Waals surface area contributed by atoms with E-state index in [4.69, 9.17) is 4.98 Å². The van der Waals surface area contributed by atoms with Crippen LogP contribution >= 0.6 is 11.3 Å². The van der Waals surface area contributed by atoms with Crippen molar-refractivity contribution in [2.24, 2.45) is 0 Å². The molecule has 33 heavy (non-hydrogen) atoms.